The van der Waals surface area contributed by atoms with Crippen molar-refractivity contribution in [1.82, 2.24) is 9.88 Å². The first-order valence-corrected chi connectivity index (χ1v) is 8.00. The van der Waals surface area contributed by atoms with Gasteiger partial charge in [-0.2, -0.15) is 0 Å². The Morgan fingerprint density at radius 2 is 2.23 bits per heavy atom. The molecule has 0 spiro atoms. The molecule has 0 aliphatic carbocycles. The highest BCUT2D eigenvalue weighted by Crippen LogP contribution is 2.26. The van der Waals surface area contributed by atoms with Crippen LogP contribution in [0.1, 0.15) is 36.8 Å². The van der Waals surface area contributed by atoms with Gasteiger partial charge in [0.25, 0.3) is 0 Å². The molecule has 2 heterocycles. The Morgan fingerprint density at radius 1 is 1.36 bits per heavy atom. The first-order valence-electron chi connectivity index (χ1n) is 8.00. The lowest BCUT2D eigenvalue weighted by Gasteiger charge is -2.35. The number of primary amides is 1. The summed E-state index contributed by atoms with van der Waals surface area (Å²) in [5, 5.41) is 1.21. The van der Waals surface area contributed by atoms with Gasteiger partial charge >= 0.3 is 0 Å². The molecule has 1 aromatic carbocycles. The van der Waals surface area contributed by atoms with E-state index in [0.717, 1.165) is 25.0 Å². The number of rotatable bonds is 4. The zero-order chi connectivity index (χ0) is 15.5. The number of pyridine rings is 1. The summed E-state index contributed by atoms with van der Waals surface area (Å²) >= 11 is 0. The average molecular weight is 297 g/mol. The normalized spacial score (nSPS) is 19.4. The Kier molecular flexibility index (Phi) is 4.39. The largest absolute Gasteiger partial charge is 0.370 e. The van der Waals surface area contributed by atoms with Crippen molar-refractivity contribution in [3.8, 4) is 0 Å². The van der Waals surface area contributed by atoms with E-state index in [1.54, 1.807) is 0 Å². The summed E-state index contributed by atoms with van der Waals surface area (Å²) in [6.45, 7) is 4.05. The molecule has 1 aromatic heterocycles. The number of piperidine rings is 1. The van der Waals surface area contributed by atoms with E-state index in [1.165, 1.54) is 29.4 Å². The molecule has 1 amide bonds. The summed E-state index contributed by atoms with van der Waals surface area (Å²) in [6.07, 6.45) is 5.73. The van der Waals surface area contributed by atoms with Gasteiger partial charge in [0, 0.05) is 30.6 Å². The molecule has 2 N–H and O–H groups in total. The lowest BCUT2D eigenvalue weighted by Crippen LogP contribution is -2.41. The van der Waals surface area contributed by atoms with Gasteiger partial charge in [0.15, 0.2) is 0 Å². The van der Waals surface area contributed by atoms with E-state index in [2.05, 4.69) is 35.0 Å². The highest BCUT2D eigenvalue weighted by atomic mass is 16.1. The van der Waals surface area contributed by atoms with Crippen LogP contribution in [0.5, 0.6) is 0 Å². The van der Waals surface area contributed by atoms with Crippen LogP contribution in [0.25, 0.3) is 10.9 Å². The van der Waals surface area contributed by atoms with Gasteiger partial charge in [0.05, 0.1) is 5.52 Å². The second kappa shape index (κ2) is 6.44. The minimum atomic E-state index is -0.201. The van der Waals surface area contributed by atoms with Crippen molar-refractivity contribution >= 4 is 16.8 Å². The number of benzene rings is 1. The molecule has 0 saturated carbocycles. The molecule has 1 fully saturated rings. The number of hydrogen-bond acceptors (Lipinski definition) is 3. The maximum absolute atomic E-state index is 11.3. The van der Waals surface area contributed by atoms with Crippen molar-refractivity contribution in [1.29, 1.82) is 0 Å². The molecule has 4 nitrogen and oxygen atoms in total. The van der Waals surface area contributed by atoms with E-state index in [-0.39, 0.29) is 11.9 Å². The summed E-state index contributed by atoms with van der Waals surface area (Å²) < 4.78 is 0. The second-order valence-electron chi connectivity index (χ2n) is 6.22. The van der Waals surface area contributed by atoms with E-state index in [0.29, 0.717) is 6.42 Å². The Labute approximate surface area is 131 Å². The van der Waals surface area contributed by atoms with Crippen LogP contribution < -0.4 is 5.73 Å². The summed E-state index contributed by atoms with van der Waals surface area (Å²) in [4.78, 5) is 18.2. The van der Waals surface area contributed by atoms with Crippen molar-refractivity contribution in [2.24, 2.45) is 5.73 Å². The fraction of sp³-hybridized carbons (Fsp3) is 0.444. The standard InChI is InChI=1S/C18H23N3O/c1-13-7-8-17-15(6-4-9-20-17)16(13)12-21-10-3-2-5-14(21)11-18(19)22/h4,6-9,14H,2-3,5,10-12H2,1H3,(H2,19,22)/t14-/m1/s1. The molecule has 1 aliphatic rings. The minimum absolute atomic E-state index is 0.201. The van der Waals surface area contributed by atoms with Gasteiger partial charge in [0.1, 0.15) is 0 Å². The van der Waals surface area contributed by atoms with E-state index in [1.807, 2.05) is 12.3 Å². The molecule has 0 bridgehead atoms. The third kappa shape index (κ3) is 3.12. The molecular weight excluding hydrogens is 274 g/mol. The maximum atomic E-state index is 11.3. The number of aromatic nitrogens is 1. The molecule has 1 saturated heterocycles. The van der Waals surface area contributed by atoms with Crippen LogP contribution in [0.4, 0.5) is 0 Å². The molecule has 2 aromatic rings. The molecule has 1 aliphatic heterocycles. The highest BCUT2D eigenvalue weighted by molar-refractivity contribution is 5.83. The molecular formula is C18H23N3O. The van der Waals surface area contributed by atoms with Crippen LogP contribution in [-0.4, -0.2) is 28.4 Å². The third-order valence-electron chi connectivity index (χ3n) is 4.68. The number of carbonyl (C=O) groups is 1. The van der Waals surface area contributed by atoms with Gasteiger partial charge < -0.3 is 5.73 Å². The lowest BCUT2D eigenvalue weighted by atomic mass is 9.96. The number of nitrogens with two attached hydrogens (primary N) is 1. The minimum Gasteiger partial charge on any atom is -0.370 e. The molecule has 22 heavy (non-hydrogen) atoms. The van der Waals surface area contributed by atoms with Gasteiger partial charge in [-0.25, -0.2) is 0 Å². The van der Waals surface area contributed by atoms with Gasteiger partial charge in [-0.15, -0.1) is 0 Å². The van der Waals surface area contributed by atoms with Crippen LogP contribution in [-0.2, 0) is 11.3 Å². The highest BCUT2D eigenvalue weighted by Gasteiger charge is 2.24. The summed E-state index contributed by atoms with van der Waals surface area (Å²) in [5.74, 6) is -0.201. The van der Waals surface area contributed by atoms with E-state index >= 15 is 0 Å². The predicted octanol–water partition coefficient (Wildman–Crippen LogP) is 2.77. The van der Waals surface area contributed by atoms with Crippen molar-refractivity contribution in [3.05, 3.63) is 41.6 Å². The lowest BCUT2D eigenvalue weighted by molar-refractivity contribution is -0.119. The van der Waals surface area contributed by atoms with Crippen LogP contribution >= 0.6 is 0 Å². The van der Waals surface area contributed by atoms with E-state index in [9.17, 15) is 4.79 Å². The smallest absolute Gasteiger partial charge is 0.218 e. The van der Waals surface area contributed by atoms with Crippen LogP contribution in [0.3, 0.4) is 0 Å². The summed E-state index contributed by atoms with van der Waals surface area (Å²) in [6, 6.07) is 8.61. The summed E-state index contributed by atoms with van der Waals surface area (Å²) in [5.41, 5.74) is 9.06. The number of nitrogens with zero attached hydrogens (tertiary/aromatic N) is 2. The fourth-order valence-corrected chi connectivity index (χ4v) is 3.47. The number of hydrogen-bond donors (Lipinski definition) is 1. The van der Waals surface area contributed by atoms with Gasteiger partial charge in [0.2, 0.25) is 5.91 Å². The molecule has 3 rings (SSSR count). The van der Waals surface area contributed by atoms with E-state index < -0.39 is 0 Å². The topological polar surface area (TPSA) is 59.2 Å². The Bertz CT molecular complexity index is 683. The number of aryl methyl sites for hydroxylation is 1. The van der Waals surface area contributed by atoms with Gasteiger partial charge in [-0.3, -0.25) is 14.7 Å². The van der Waals surface area contributed by atoms with E-state index in [4.69, 9.17) is 5.73 Å². The monoisotopic (exact) mass is 297 g/mol. The molecule has 0 radical (unpaired) electrons. The number of likely N-dealkylation sites (tertiary alicyclic amines) is 1. The number of amides is 1. The molecule has 4 heteroatoms. The van der Waals surface area contributed by atoms with Crippen molar-refractivity contribution < 1.29 is 4.79 Å². The summed E-state index contributed by atoms with van der Waals surface area (Å²) in [7, 11) is 0. The van der Waals surface area contributed by atoms with Crippen LogP contribution in [0.15, 0.2) is 30.5 Å². The maximum Gasteiger partial charge on any atom is 0.218 e. The predicted molar refractivity (Wildman–Crippen MR) is 88.3 cm³/mol. The zero-order valence-corrected chi connectivity index (χ0v) is 13.1. The Morgan fingerprint density at radius 3 is 3.05 bits per heavy atom. The quantitative estimate of drug-likeness (QED) is 0.944. The number of carbonyl (C=O) groups excluding carboxylic acids is 1. The first kappa shape index (κ1) is 15.0. The van der Waals surface area contributed by atoms with Crippen molar-refractivity contribution in [2.75, 3.05) is 6.54 Å². The Hall–Kier alpha value is -1.94. The van der Waals surface area contributed by atoms with Gasteiger partial charge in [-0.1, -0.05) is 18.6 Å². The average Bonchev–Trinajstić information content (AvgIpc) is 2.51. The Balaban J connectivity index is 1.91. The second-order valence-corrected chi connectivity index (χ2v) is 6.22. The molecule has 116 valence electrons. The van der Waals surface area contributed by atoms with Crippen molar-refractivity contribution in [2.45, 2.75) is 45.2 Å². The SMILES string of the molecule is Cc1ccc2ncccc2c1CN1CCCC[C@@H]1CC(N)=O. The first-order chi connectivity index (χ1) is 10.6. The molecule has 1 atom stereocenters. The van der Waals surface area contributed by atoms with Crippen molar-refractivity contribution in [3.63, 3.8) is 0 Å². The fourth-order valence-electron chi connectivity index (χ4n) is 3.47. The third-order valence-corrected chi connectivity index (χ3v) is 4.68. The van der Waals surface area contributed by atoms with Crippen LogP contribution in [0.2, 0.25) is 0 Å². The van der Waals surface area contributed by atoms with Crippen LogP contribution in [0, 0.1) is 6.92 Å². The number of fused-ring (bicyclic) bond motifs is 1. The molecule has 0 unspecified atom stereocenters. The van der Waals surface area contributed by atoms with Gasteiger partial charge in [-0.05, 0) is 49.6 Å². The zero-order valence-electron chi connectivity index (χ0n) is 13.1.